The van der Waals surface area contributed by atoms with Gasteiger partial charge in [0.25, 0.3) is 0 Å². The highest BCUT2D eigenvalue weighted by atomic mass is 32.1. The van der Waals surface area contributed by atoms with Crippen molar-refractivity contribution in [3.8, 4) is 22.6 Å². The van der Waals surface area contributed by atoms with E-state index in [0.29, 0.717) is 35.3 Å². The van der Waals surface area contributed by atoms with Crippen molar-refractivity contribution in [2.75, 3.05) is 25.6 Å². The largest absolute Gasteiger partial charge is 0.490 e. The van der Waals surface area contributed by atoms with E-state index in [-0.39, 0.29) is 5.91 Å². The van der Waals surface area contributed by atoms with Crippen LogP contribution < -0.4 is 14.8 Å². The van der Waals surface area contributed by atoms with E-state index in [0.717, 1.165) is 21.6 Å². The maximum absolute atomic E-state index is 12.7. The molecule has 172 valence electrons. The lowest BCUT2D eigenvalue weighted by Crippen LogP contribution is -2.11. The molecule has 7 heteroatoms. The number of thiophene rings is 1. The van der Waals surface area contributed by atoms with E-state index in [1.807, 2.05) is 69.3 Å². The van der Waals surface area contributed by atoms with Crippen LogP contribution in [0.25, 0.3) is 17.2 Å². The average molecular weight is 466 g/mol. The van der Waals surface area contributed by atoms with Crippen LogP contribution in [-0.2, 0) is 9.53 Å². The topological polar surface area (TPSA) is 73.9 Å². The van der Waals surface area contributed by atoms with Crippen LogP contribution >= 0.6 is 11.3 Å². The Hall–Kier alpha value is -3.58. The number of esters is 1. The molecular formula is C26H27NO5S. The predicted octanol–water partition coefficient (Wildman–Crippen LogP) is 5.96. The highest BCUT2D eigenvalue weighted by Gasteiger charge is 2.24. The van der Waals surface area contributed by atoms with Crippen molar-refractivity contribution in [3.63, 3.8) is 0 Å². The van der Waals surface area contributed by atoms with E-state index in [1.165, 1.54) is 24.5 Å². The van der Waals surface area contributed by atoms with Crippen molar-refractivity contribution in [1.82, 2.24) is 0 Å². The molecule has 1 amide bonds. The second-order valence-corrected chi connectivity index (χ2v) is 8.21. The van der Waals surface area contributed by atoms with Gasteiger partial charge in [0.15, 0.2) is 11.5 Å². The van der Waals surface area contributed by atoms with Gasteiger partial charge in [-0.15, -0.1) is 11.3 Å². The molecule has 0 unspecified atom stereocenters. The second kappa shape index (κ2) is 11.3. The molecule has 1 heterocycles. The van der Waals surface area contributed by atoms with Gasteiger partial charge >= 0.3 is 5.97 Å². The highest BCUT2D eigenvalue weighted by molar-refractivity contribution is 7.17. The van der Waals surface area contributed by atoms with E-state index >= 15 is 0 Å². The molecule has 0 atom stereocenters. The molecule has 0 radical (unpaired) electrons. The first kappa shape index (κ1) is 24.1. The molecular weight excluding hydrogens is 438 g/mol. The Morgan fingerprint density at radius 1 is 1.00 bits per heavy atom. The number of benzene rings is 2. The van der Waals surface area contributed by atoms with Crippen LogP contribution in [0.4, 0.5) is 5.00 Å². The minimum absolute atomic E-state index is 0.354. The minimum atomic E-state index is -0.495. The normalized spacial score (nSPS) is 10.8. The van der Waals surface area contributed by atoms with Crippen LogP contribution in [0.15, 0.2) is 54.6 Å². The quantitative estimate of drug-likeness (QED) is 0.312. The van der Waals surface area contributed by atoms with Crippen LogP contribution in [0.2, 0.25) is 0 Å². The Balaban J connectivity index is 1.85. The molecule has 3 rings (SSSR count). The summed E-state index contributed by atoms with van der Waals surface area (Å²) >= 11 is 1.34. The summed E-state index contributed by atoms with van der Waals surface area (Å²) in [6.45, 7) is 6.76. The van der Waals surface area contributed by atoms with E-state index in [9.17, 15) is 9.59 Å². The number of amides is 1. The molecule has 0 aliphatic carbocycles. The van der Waals surface area contributed by atoms with Crippen LogP contribution in [0.3, 0.4) is 0 Å². The summed E-state index contributed by atoms with van der Waals surface area (Å²) < 4.78 is 16.2. The Morgan fingerprint density at radius 2 is 1.70 bits per heavy atom. The molecule has 0 aliphatic rings. The number of hydrogen-bond donors (Lipinski definition) is 1. The van der Waals surface area contributed by atoms with Gasteiger partial charge < -0.3 is 19.5 Å². The molecule has 0 spiro atoms. The van der Waals surface area contributed by atoms with E-state index < -0.39 is 5.97 Å². The first-order valence-electron chi connectivity index (χ1n) is 10.6. The smallest absolute Gasteiger partial charge is 0.341 e. The zero-order valence-electron chi connectivity index (χ0n) is 19.1. The summed E-state index contributed by atoms with van der Waals surface area (Å²) in [4.78, 5) is 26.2. The minimum Gasteiger partial charge on any atom is -0.490 e. The molecule has 0 fully saturated rings. The fourth-order valence-corrected chi connectivity index (χ4v) is 4.45. The van der Waals surface area contributed by atoms with Gasteiger partial charge in [-0.2, -0.15) is 0 Å². The van der Waals surface area contributed by atoms with Crippen LogP contribution in [0, 0.1) is 6.92 Å². The van der Waals surface area contributed by atoms with Crippen molar-refractivity contribution in [3.05, 3.63) is 70.6 Å². The second-order valence-electron chi connectivity index (χ2n) is 6.99. The van der Waals surface area contributed by atoms with Crippen LogP contribution in [0.5, 0.6) is 11.5 Å². The third-order valence-corrected chi connectivity index (χ3v) is 5.79. The van der Waals surface area contributed by atoms with Crippen molar-refractivity contribution in [2.24, 2.45) is 0 Å². The third-order valence-electron chi connectivity index (χ3n) is 4.77. The van der Waals surface area contributed by atoms with Gasteiger partial charge in [-0.3, -0.25) is 4.79 Å². The van der Waals surface area contributed by atoms with Crippen molar-refractivity contribution in [1.29, 1.82) is 0 Å². The highest BCUT2D eigenvalue weighted by Crippen LogP contribution is 2.40. The van der Waals surface area contributed by atoms with E-state index in [1.54, 1.807) is 6.08 Å². The number of nitrogens with one attached hydrogen (secondary N) is 1. The standard InChI is InChI=1S/C26H27NO5S/c1-5-31-20-14-12-18(16-21(20)32-6-2)13-15-22(28)27-25-24(26(29)30-4)23(17(3)33-25)19-10-8-7-9-11-19/h7-16H,5-6H2,1-4H3,(H,27,28)/b15-13+. The van der Waals surface area contributed by atoms with Gasteiger partial charge in [0, 0.05) is 16.5 Å². The Bertz CT molecular complexity index is 1150. The molecule has 6 nitrogen and oxygen atoms in total. The maximum atomic E-state index is 12.7. The summed E-state index contributed by atoms with van der Waals surface area (Å²) in [5, 5.41) is 3.29. The maximum Gasteiger partial charge on any atom is 0.341 e. The zero-order chi connectivity index (χ0) is 23.8. The van der Waals surface area contributed by atoms with Gasteiger partial charge in [-0.1, -0.05) is 36.4 Å². The predicted molar refractivity (Wildman–Crippen MR) is 132 cm³/mol. The molecule has 2 aromatic carbocycles. The lowest BCUT2D eigenvalue weighted by molar-refractivity contribution is -0.111. The number of carbonyl (C=O) groups is 2. The van der Waals surface area contributed by atoms with Gasteiger partial charge in [0.05, 0.1) is 20.3 Å². The molecule has 33 heavy (non-hydrogen) atoms. The summed E-state index contributed by atoms with van der Waals surface area (Å²) in [5.41, 5.74) is 2.80. The van der Waals surface area contributed by atoms with Crippen molar-refractivity contribution >= 4 is 34.3 Å². The molecule has 0 bridgehead atoms. The monoisotopic (exact) mass is 465 g/mol. The molecule has 0 saturated carbocycles. The molecule has 3 aromatic rings. The average Bonchev–Trinajstić information content (AvgIpc) is 3.14. The summed E-state index contributed by atoms with van der Waals surface area (Å²) in [6.07, 6.45) is 3.10. The molecule has 0 aliphatic heterocycles. The van der Waals surface area contributed by atoms with E-state index in [4.69, 9.17) is 14.2 Å². The van der Waals surface area contributed by atoms with Gasteiger partial charge in [0.1, 0.15) is 10.6 Å². The number of methoxy groups -OCH3 is 1. The Morgan fingerprint density at radius 3 is 2.36 bits per heavy atom. The number of carbonyl (C=O) groups excluding carboxylic acids is 2. The molecule has 1 aromatic heterocycles. The lowest BCUT2D eigenvalue weighted by atomic mass is 10.0. The molecule has 0 saturated heterocycles. The fraction of sp³-hybridized carbons (Fsp3) is 0.231. The summed E-state index contributed by atoms with van der Waals surface area (Å²) in [7, 11) is 1.33. The van der Waals surface area contributed by atoms with Gasteiger partial charge in [0.2, 0.25) is 5.91 Å². The number of aryl methyl sites for hydroxylation is 1. The first-order valence-corrected chi connectivity index (χ1v) is 11.5. The Kier molecular flexibility index (Phi) is 8.27. The van der Waals surface area contributed by atoms with Crippen LogP contribution in [-0.4, -0.2) is 32.2 Å². The first-order chi connectivity index (χ1) is 16.0. The summed E-state index contributed by atoms with van der Waals surface area (Å²) in [5.74, 6) is 0.431. The van der Waals surface area contributed by atoms with Crippen molar-refractivity contribution in [2.45, 2.75) is 20.8 Å². The lowest BCUT2D eigenvalue weighted by Gasteiger charge is -2.11. The number of ether oxygens (including phenoxy) is 3. The number of rotatable bonds is 9. The van der Waals surface area contributed by atoms with Crippen LogP contribution in [0.1, 0.15) is 34.6 Å². The number of hydrogen-bond acceptors (Lipinski definition) is 6. The number of anilines is 1. The molecule has 1 N–H and O–H groups in total. The van der Waals surface area contributed by atoms with Gasteiger partial charge in [-0.25, -0.2) is 4.79 Å². The van der Waals surface area contributed by atoms with E-state index in [2.05, 4.69) is 5.32 Å². The third kappa shape index (κ3) is 5.81. The fourth-order valence-electron chi connectivity index (χ4n) is 3.38. The van der Waals surface area contributed by atoms with Crippen molar-refractivity contribution < 1.29 is 23.8 Å². The van der Waals surface area contributed by atoms with Gasteiger partial charge in [-0.05, 0) is 50.1 Å². The zero-order valence-corrected chi connectivity index (χ0v) is 20.0. The summed E-state index contributed by atoms with van der Waals surface area (Å²) in [6, 6.07) is 15.1. The Labute approximate surface area is 197 Å². The SMILES string of the molecule is CCOc1ccc(/C=C/C(=O)Nc2sc(C)c(-c3ccccc3)c2C(=O)OC)cc1OCC.